The molecule has 1 aromatic rings. The molecule has 0 bridgehead atoms. The van der Waals surface area contributed by atoms with Gasteiger partial charge in [0, 0.05) is 31.0 Å². The molecule has 0 spiro atoms. The highest BCUT2D eigenvalue weighted by Gasteiger charge is 2.23. The summed E-state index contributed by atoms with van der Waals surface area (Å²) in [6, 6.07) is 0.170. The van der Waals surface area contributed by atoms with Crippen LogP contribution >= 0.6 is 0 Å². The van der Waals surface area contributed by atoms with Gasteiger partial charge in [0.15, 0.2) is 0 Å². The molecule has 0 aromatic carbocycles. The first-order chi connectivity index (χ1) is 13.3. The average Bonchev–Trinajstić information content (AvgIpc) is 3.19. The van der Waals surface area contributed by atoms with E-state index >= 15 is 0 Å². The number of hydrogen-bond acceptors (Lipinski definition) is 4. The third kappa shape index (κ3) is 5.92. The van der Waals surface area contributed by atoms with E-state index in [-0.39, 0.29) is 29.3 Å². The lowest BCUT2D eigenvalue weighted by Crippen LogP contribution is -2.39. The van der Waals surface area contributed by atoms with Gasteiger partial charge in [-0.1, -0.05) is 19.8 Å². The lowest BCUT2D eigenvalue weighted by atomic mass is 10.1. The van der Waals surface area contributed by atoms with E-state index in [2.05, 4.69) is 10.6 Å². The number of hydrogen-bond donors (Lipinski definition) is 2. The Morgan fingerprint density at radius 3 is 2.32 bits per heavy atom. The van der Waals surface area contributed by atoms with Gasteiger partial charge in [-0.25, -0.2) is 0 Å². The smallest absolute Gasteiger partial charge is 0.256 e. The van der Waals surface area contributed by atoms with Crippen molar-refractivity contribution in [3.05, 3.63) is 33.7 Å². The molecule has 1 saturated carbocycles. The number of aromatic nitrogens is 1. The number of nitrogens with one attached hydrogen (secondary N) is 2. The molecule has 1 atom stereocenters. The van der Waals surface area contributed by atoms with Crippen LogP contribution in [0.5, 0.6) is 0 Å². The molecule has 2 rings (SSSR count). The van der Waals surface area contributed by atoms with Gasteiger partial charge >= 0.3 is 0 Å². The zero-order valence-electron chi connectivity index (χ0n) is 17.4. The SMILES string of the molecule is CC[C@@H](C)NC(=O)c1cn(C2CCCC2)cc(C(=O)NCCOC(C)C)c1=O. The van der Waals surface area contributed by atoms with E-state index in [1.165, 1.54) is 0 Å². The minimum absolute atomic E-state index is 0.00764. The highest BCUT2D eigenvalue weighted by atomic mass is 16.5. The van der Waals surface area contributed by atoms with Crippen LogP contribution in [-0.2, 0) is 4.74 Å². The number of pyridine rings is 1. The summed E-state index contributed by atoms with van der Waals surface area (Å²) >= 11 is 0. The Balaban J connectivity index is 2.28. The molecule has 0 radical (unpaired) electrons. The van der Waals surface area contributed by atoms with Crippen LogP contribution in [0.4, 0.5) is 0 Å². The van der Waals surface area contributed by atoms with Crippen LogP contribution in [0.15, 0.2) is 17.2 Å². The Kier molecular flexibility index (Phi) is 8.23. The van der Waals surface area contributed by atoms with E-state index in [0.29, 0.717) is 13.2 Å². The standard InChI is InChI=1S/C21H33N3O4/c1-5-15(4)23-21(27)18-13-24(16-8-6-7-9-16)12-17(19(18)25)20(26)22-10-11-28-14(2)3/h12-16H,5-11H2,1-4H3,(H,22,26)(H,23,27)/t15-/m1/s1. The minimum Gasteiger partial charge on any atom is -0.377 e. The van der Waals surface area contributed by atoms with Crippen molar-refractivity contribution in [3.8, 4) is 0 Å². The topological polar surface area (TPSA) is 89.4 Å². The fraction of sp³-hybridized carbons (Fsp3) is 0.667. The summed E-state index contributed by atoms with van der Waals surface area (Å²) in [5.74, 6) is -0.897. The highest BCUT2D eigenvalue weighted by Crippen LogP contribution is 2.29. The van der Waals surface area contributed by atoms with Crippen LogP contribution in [0.1, 0.15) is 86.6 Å². The number of rotatable bonds is 9. The third-order valence-corrected chi connectivity index (χ3v) is 5.11. The first-order valence-corrected chi connectivity index (χ1v) is 10.3. The molecule has 7 heteroatoms. The second-order valence-electron chi connectivity index (χ2n) is 7.76. The van der Waals surface area contributed by atoms with Crippen LogP contribution in [0.2, 0.25) is 0 Å². The van der Waals surface area contributed by atoms with Gasteiger partial charge in [-0.2, -0.15) is 0 Å². The van der Waals surface area contributed by atoms with Crippen LogP contribution in [0.3, 0.4) is 0 Å². The molecule has 1 heterocycles. The lowest BCUT2D eigenvalue weighted by molar-refractivity contribution is 0.0746. The molecule has 7 nitrogen and oxygen atoms in total. The van der Waals surface area contributed by atoms with E-state index in [4.69, 9.17) is 4.74 Å². The van der Waals surface area contributed by atoms with Crippen LogP contribution in [0, 0.1) is 0 Å². The van der Waals surface area contributed by atoms with Gasteiger partial charge < -0.3 is 19.9 Å². The minimum atomic E-state index is -0.530. The fourth-order valence-electron chi connectivity index (χ4n) is 3.29. The molecule has 1 aliphatic rings. The van der Waals surface area contributed by atoms with Crippen molar-refractivity contribution in [3.63, 3.8) is 0 Å². The highest BCUT2D eigenvalue weighted by molar-refractivity contribution is 5.99. The molecular formula is C21H33N3O4. The summed E-state index contributed by atoms with van der Waals surface area (Å²) in [5.41, 5.74) is -0.496. The van der Waals surface area contributed by atoms with Gasteiger partial charge in [-0.05, 0) is 40.0 Å². The number of carbonyl (C=O) groups is 2. The summed E-state index contributed by atoms with van der Waals surface area (Å²) in [7, 11) is 0. The summed E-state index contributed by atoms with van der Waals surface area (Å²) in [4.78, 5) is 38.1. The second-order valence-corrected chi connectivity index (χ2v) is 7.76. The van der Waals surface area contributed by atoms with Crippen molar-refractivity contribution in [1.82, 2.24) is 15.2 Å². The molecule has 2 N–H and O–H groups in total. The molecule has 28 heavy (non-hydrogen) atoms. The average molecular weight is 392 g/mol. The van der Waals surface area contributed by atoms with Crippen molar-refractivity contribution < 1.29 is 14.3 Å². The molecule has 2 amide bonds. The molecule has 0 saturated heterocycles. The fourth-order valence-corrected chi connectivity index (χ4v) is 3.29. The monoisotopic (exact) mass is 391 g/mol. The van der Waals surface area contributed by atoms with Crippen molar-refractivity contribution in [2.75, 3.05) is 13.2 Å². The first kappa shape index (κ1) is 22.1. The van der Waals surface area contributed by atoms with Gasteiger partial charge in [-0.3, -0.25) is 14.4 Å². The van der Waals surface area contributed by atoms with Gasteiger partial charge in [0.05, 0.1) is 12.7 Å². The molecule has 156 valence electrons. The van der Waals surface area contributed by atoms with Crippen LogP contribution in [-0.4, -0.2) is 41.7 Å². The van der Waals surface area contributed by atoms with Crippen molar-refractivity contribution in [1.29, 1.82) is 0 Å². The molecule has 0 unspecified atom stereocenters. The van der Waals surface area contributed by atoms with E-state index in [9.17, 15) is 14.4 Å². The predicted octanol–water partition coefficient (Wildman–Crippen LogP) is 2.65. The second kappa shape index (κ2) is 10.4. The van der Waals surface area contributed by atoms with E-state index in [0.717, 1.165) is 32.1 Å². The number of nitrogens with zero attached hydrogens (tertiary/aromatic N) is 1. The van der Waals surface area contributed by atoms with Gasteiger partial charge in [0.1, 0.15) is 11.1 Å². The number of amides is 2. The summed E-state index contributed by atoms with van der Waals surface area (Å²) < 4.78 is 7.29. The zero-order valence-corrected chi connectivity index (χ0v) is 17.4. The van der Waals surface area contributed by atoms with Crippen molar-refractivity contribution in [2.45, 2.75) is 78.0 Å². The Labute approximate surface area is 166 Å². The van der Waals surface area contributed by atoms with Gasteiger partial charge in [0.25, 0.3) is 11.8 Å². The summed E-state index contributed by atoms with van der Waals surface area (Å²) in [6.45, 7) is 8.37. The number of ether oxygens (including phenoxy) is 1. The molecule has 0 aliphatic heterocycles. The van der Waals surface area contributed by atoms with Crippen molar-refractivity contribution >= 4 is 11.8 Å². The lowest BCUT2D eigenvalue weighted by Gasteiger charge is -2.18. The molecule has 1 aliphatic carbocycles. The third-order valence-electron chi connectivity index (χ3n) is 5.11. The Bertz CT molecular complexity index is 736. The quantitative estimate of drug-likeness (QED) is 0.633. The van der Waals surface area contributed by atoms with E-state index in [1.807, 2.05) is 32.3 Å². The largest absolute Gasteiger partial charge is 0.377 e. The van der Waals surface area contributed by atoms with E-state index < -0.39 is 17.2 Å². The van der Waals surface area contributed by atoms with Gasteiger partial charge in [-0.15, -0.1) is 0 Å². The first-order valence-electron chi connectivity index (χ1n) is 10.3. The van der Waals surface area contributed by atoms with Crippen LogP contribution in [0.25, 0.3) is 0 Å². The zero-order chi connectivity index (χ0) is 20.7. The molecule has 1 aromatic heterocycles. The number of carbonyl (C=O) groups excluding carboxylic acids is 2. The normalized spacial score (nSPS) is 15.6. The summed E-state index contributed by atoms with van der Waals surface area (Å²) in [5, 5.41) is 5.55. The Morgan fingerprint density at radius 2 is 1.75 bits per heavy atom. The molecule has 1 fully saturated rings. The van der Waals surface area contributed by atoms with E-state index in [1.54, 1.807) is 12.4 Å². The maximum absolute atomic E-state index is 12.9. The van der Waals surface area contributed by atoms with Crippen LogP contribution < -0.4 is 16.1 Å². The maximum atomic E-state index is 12.9. The molecular weight excluding hydrogens is 358 g/mol. The Morgan fingerprint density at radius 1 is 1.14 bits per heavy atom. The maximum Gasteiger partial charge on any atom is 0.256 e. The van der Waals surface area contributed by atoms with Crippen molar-refractivity contribution in [2.24, 2.45) is 0 Å². The summed E-state index contributed by atoms with van der Waals surface area (Å²) in [6.07, 6.45) is 8.23. The predicted molar refractivity (Wildman–Crippen MR) is 109 cm³/mol. The Hall–Kier alpha value is -2.15. The van der Waals surface area contributed by atoms with Gasteiger partial charge in [0.2, 0.25) is 5.43 Å².